The van der Waals surface area contributed by atoms with E-state index in [2.05, 4.69) is 0 Å². The van der Waals surface area contributed by atoms with Gasteiger partial charge in [-0.15, -0.1) is 0 Å². The third-order valence-corrected chi connectivity index (χ3v) is 5.77. The van der Waals surface area contributed by atoms with Crippen LogP contribution in [0.2, 0.25) is 0 Å². The molecule has 1 saturated heterocycles. The first kappa shape index (κ1) is 20.6. The van der Waals surface area contributed by atoms with Gasteiger partial charge in [-0.2, -0.15) is 5.26 Å². The van der Waals surface area contributed by atoms with Gasteiger partial charge in [-0.3, -0.25) is 9.69 Å². The van der Waals surface area contributed by atoms with E-state index in [1.54, 1.807) is 6.92 Å². The number of rotatable bonds is 5. The van der Waals surface area contributed by atoms with Crippen LogP contribution in [0, 0.1) is 24.1 Å². The van der Waals surface area contributed by atoms with Crippen LogP contribution in [0.4, 0.5) is 10.1 Å². The summed E-state index contributed by atoms with van der Waals surface area (Å²) >= 11 is 1.16. The number of carbonyl (C=O) groups excluding carboxylic acids is 2. The molecule has 2 aromatic rings. The number of nitriles is 1. The minimum Gasteiger partial charge on any atom is -0.462 e. The number of hydrogen-bond acceptors (Lipinski definition) is 5. The number of nitrogens with zero attached hydrogens (tertiary/aromatic N) is 2. The second kappa shape index (κ2) is 8.93. The van der Waals surface area contributed by atoms with Gasteiger partial charge in [0.2, 0.25) is 5.91 Å². The number of amides is 1. The Morgan fingerprint density at radius 2 is 1.93 bits per heavy atom. The average molecular weight is 410 g/mol. The number of anilines is 1. The predicted octanol–water partition coefficient (Wildman–Crippen LogP) is 4.12. The maximum absolute atomic E-state index is 13.4. The Bertz CT molecular complexity index is 1010. The first-order chi connectivity index (χ1) is 14.0. The summed E-state index contributed by atoms with van der Waals surface area (Å²) in [6.45, 7) is 3.72. The Hall–Kier alpha value is -3.11. The van der Waals surface area contributed by atoms with Crippen molar-refractivity contribution in [3.63, 3.8) is 0 Å². The van der Waals surface area contributed by atoms with Crippen LogP contribution >= 0.6 is 11.8 Å². The minimum atomic E-state index is -0.783. The highest BCUT2D eigenvalue weighted by Gasteiger charge is 2.41. The van der Waals surface area contributed by atoms with Gasteiger partial charge in [0.15, 0.2) is 5.57 Å². The normalized spacial score (nSPS) is 17.8. The molecule has 0 unspecified atom stereocenters. The Labute approximate surface area is 172 Å². The lowest BCUT2D eigenvalue weighted by atomic mass is 10.0. The lowest BCUT2D eigenvalue weighted by molar-refractivity contribution is -0.138. The number of aryl methyl sites for hydroxylation is 1. The topological polar surface area (TPSA) is 70.4 Å². The van der Waals surface area contributed by atoms with Gasteiger partial charge in [-0.05, 0) is 55.7 Å². The molecule has 29 heavy (non-hydrogen) atoms. The van der Waals surface area contributed by atoms with E-state index < -0.39 is 17.0 Å². The summed E-state index contributed by atoms with van der Waals surface area (Å²) < 4.78 is 18.4. The van der Waals surface area contributed by atoms with Gasteiger partial charge < -0.3 is 4.74 Å². The lowest BCUT2D eigenvalue weighted by Crippen LogP contribution is -2.30. The van der Waals surface area contributed by atoms with Crippen LogP contribution in [0.5, 0.6) is 0 Å². The van der Waals surface area contributed by atoms with Crippen molar-refractivity contribution >= 4 is 29.3 Å². The van der Waals surface area contributed by atoms with Crippen LogP contribution in [-0.4, -0.2) is 23.7 Å². The summed E-state index contributed by atoms with van der Waals surface area (Å²) in [5, 5.41) is 9.27. The second-order valence-electron chi connectivity index (χ2n) is 6.40. The first-order valence-corrected chi connectivity index (χ1v) is 9.96. The monoisotopic (exact) mass is 410 g/mol. The molecule has 1 aliphatic heterocycles. The molecule has 0 aromatic heterocycles. The van der Waals surface area contributed by atoms with Gasteiger partial charge in [0.05, 0.1) is 11.9 Å². The molecular formula is C22H19FN2O3S. The third-order valence-electron chi connectivity index (χ3n) is 4.51. The molecule has 0 saturated carbocycles. The molecule has 1 heterocycles. The van der Waals surface area contributed by atoms with Crippen molar-refractivity contribution in [1.82, 2.24) is 0 Å². The number of ether oxygens (including phenoxy) is 1. The maximum atomic E-state index is 13.4. The summed E-state index contributed by atoms with van der Waals surface area (Å²) in [6, 6.07) is 15.0. The number of halogens is 1. The maximum Gasteiger partial charge on any atom is 0.351 e. The fraction of sp³-hybridized carbons (Fsp3) is 0.227. The van der Waals surface area contributed by atoms with Crippen molar-refractivity contribution in [2.24, 2.45) is 0 Å². The molecule has 0 aliphatic carbocycles. The van der Waals surface area contributed by atoms with Crippen molar-refractivity contribution in [1.29, 1.82) is 5.26 Å². The molecule has 5 nitrogen and oxygen atoms in total. The van der Waals surface area contributed by atoms with Crippen LogP contribution < -0.4 is 4.90 Å². The van der Waals surface area contributed by atoms with E-state index in [1.165, 1.54) is 29.2 Å². The van der Waals surface area contributed by atoms with Crippen molar-refractivity contribution in [2.75, 3.05) is 11.5 Å². The smallest absolute Gasteiger partial charge is 0.351 e. The summed E-state index contributed by atoms with van der Waals surface area (Å²) in [6.07, 6.45) is 0.443. The van der Waals surface area contributed by atoms with E-state index in [4.69, 9.17) is 4.74 Å². The largest absolute Gasteiger partial charge is 0.462 e. The highest BCUT2D eigenvalue weighted by Crippen LogP contribution is 2.42. The molecule has 0 N–H and O–H groups in total. The number of thioether (sulfide) groups is 1. The van der Waals surface area contributed by atoms with Gasteiger partial charge in [0, 0.05) is 5.69 Å². The molecule has 2 aromatic carbocycles. The van der Waals surface area contributed by atoms with E-state index >= 15 is 0 Å². The van der Waals surface area contributed by atoms with Gasteiger partial charge in [0.25, 0.3) is 0 Å². The third kappa shape index (κ3) is 4.33. The minimum absolute atomic E-state index is 0.110. The SMILES string of the molecule is CCOC(=O)/C(C#N)=C1\S[C@H](Cc2ccccc2C)C(=O)N1c1ccc(F)cc1. The molecule has 7 heteroatoms. The first-order valence-electron chi connectivity index (χ1n) is 9.08. The number of esters is 1. The summed E-state index contributed by atoms with van der Waals surface area (Å²) in [7, 11) is 0. The highest BCUT2D eigenvalue weighted by molar-refractivity contribution is 8.05. The second-order valence-corrected chi connectivity index (χ2v) is 7.59. The van der Waals surface area contributed by atoms with Crippen LogP contribution in [-0.2, 0) is 20.7 Å². The molecule has 0 bridgehead atoms. The van der Waals surface area contributed by atoms with Crippen LogP contribution in [0.1, 0.15) is 18.1 Å². The van der Waals surface area contributed by atoms with E-state index in [1.807, 2.05) is 37.3 Å². The Morgan fingerprint density at radius 1 is 1.24 bits per heavy atom. The van der Waals surface area contributed by atoms with Crippen LogP contribution in [0.3, 0.4) is 0 Å². The van der Waals surface area contributed by atoms with Crippen molar-refractivity contribution in [3.05, 3.63) is 76.1 Å². The molecule has 148 valence electrons. The van der Waals surface area contributed by atoms with Gasteiger partial charge >= 0.3 is 5.97 Å². The van der Waals surface area contributed by atoms with Crippen molar-refractivity contribution in [2.45, 2.75) is 25.5 Å². The molecule has 0 spiro atoms. The molecule has 0 radical (unpaired) electrons. The molecule has 1 aliphatic rings. The average Bonchev–Trinajstić information content (AvgIpc) is 3.01. The van der Waals surface area contributed by atoms with Gasteiger partial charge in [-0.1, -0.05) is 36.0 Å². The number of hydrogen-bond donors (Lipinski definition) is 0. The van der Waals surface area contributed by atoms with Crippen molar-refractivity contribution < 1.29 is 18.7 Å². The fourth-order valence-corrected chi connectivity index (χ4v) is 4.33. The quantitative estimate of drug-likeness (QED) is 0.421. The number of benzene rings is 2. The van der Waals surface area contributed by atoms with E-state index in [-0.39, 0.29) is 23.1 Å². The van der Waals surface area contributed by atoms with Crippen LogP contribution in [0.25, 0.3) is 0 Å². The molecule has 1 atom stereocenters. The highest BCUT2D eigenvalue weighted by atomic mass is 32.2. The zero-order valence-corrected chi connectivity index (χ0v) is 16.8. The van der Waals surface area contributed by atoms with E-state index in [0.717, 1.165) is 22.9 Å². The standard InChI is InChI=1S/C22H19FN2O3S/c1-3-28-22(27)18(13-24)21-25(17-10-8-16(23)9-11-17)20(26)19(29-21)12-15-7-5-4-6-14(15)2/h4-11,19H,3,12H2,1-2H3/b21-18-/t19-/m1/s1. The van der Waals surface area contributed by atoms with E-state index in [0.29, 0.717) is 12.1 Å². The number of carbonyl (C=O) groups is 2. The summed E-state index contributed by atoms with van der Waals surface area (Å²) in [5.41, 5.74) is 2.22. The molecule has 3 rings (SSSR count). The lowest BCUT2D eigenvalue weighted by Gasteiger charge is -2.18. The molecular weight excluding hydrogens is 391 g/mol. The Kier molecular flexibility index (Phi) is 6.35. The summed E-state index contributed by atoms with van der Waals surface area (Å²) in [4.78, 5) is 26.8. The zero-order valence-electron chi connectivity index (χ0n) is 16.0. The fourth-order valence-electron chi connectivity index (χ4n) is 3.04. The van der Waals surface area contributed by atoms with Crippen molar-refractivity contribution in [3.8, 4) is 6.07 Å². The predicted molar refractivity (Wildman–Crippen MR) is 109 cm³/mol. The molecule has 1 amide bonds. The zero-order chi connectivity index (χ0) is 21.0. The van der Waals surface area contributed by atoms with Gasteiger partial charge in [-0.25, -0.2) is 9.18 Å². The summed E-state index contributed by atoms with van der Waals surface area (Å²) in [5.74, 6) is -1.49. The van der Waals surface area contributed by atoms with Gasteiger partial charge in [0.1, 0.15) is 16.9 Å². The Morgan fingerprint density at radius 3 is 2.55 bits per heavy atom. The molecule has 1 fully saturated rings. The van der Waals surface area contributed by atoms with E-state index in [9.17, 15) is 19.2 Å². The van der Waals surface area contributed by atoms with Crippen LogP contribution in [0.15, 0.2) is 59.1 Å². The Balaban J connectivity index is 2.05.